The van der Waals surface area contributed by atoms with Crippen LogP contribution in [0.1, 0.15) is 31.2 Å². The van der Waals surface area contributed by atoms with Gasteiger partial charge in [-0.2, -0.15) is 0 Å². The Morgan fingerprint density at radius 1 is 0.963 bits per heavy atom. The van der Waals surface area contributed by atoms with Crippen LogP contribution in [0.15, 0.2) is 30.5 Å². The smallest absolute Gasteiger partial charge is 0.355 e. The highest BCUT2D eigenvalue weighted by molar-refractivity contribution is 6.30. The Morgan fingerprint density at radius 3 is 2.04 bits per heavy atom. The molecule has 1 amide bonds. The first kappa shape index (κ1) is 20.0. The number of carbonyl (C=O) groups is 4. The summed E-state index contributed by atoms with van der Waals surface area (Å²) in [6.07, 6.45) is 1.39. The Bertz CT molecular complexity index is 857. The van der Waals surface area contributed by atoms with Crippen LogP contribution >= 0.6 is 11.6 Å². The summed E-state index contributed by atoms with van der Waals surface area (Å²) in [6, 6.07) is 5.23. The fraction of sp³-hybridized carbons (Fsp3) is 0.176. The Kier molecular flexibility index (Phi) is 6.56. The van der Waals surface area contributed by atoms with Crippen molar-refractivity contribution in [3.05, 3.63) is 52.3 Å². The van der Waals surface area contributed by atoms with Crippen LogP contribution in [-0.4, -0.2) is 49.6 Å². The van der Waals surface area contributed by atoms with E-state index in [9.17, 15) is 19.2 Å². The number of hydrogen-bond acceptors (Lipinski definition) is 7. The van der Waals surface area contributed by atoms with E-state index in [1.165, 1.54) is 44.7 Å². The first-order valence-corrected chi connectivity index (χ1v) is 7.84. The van der Waals surface area contributed by atoms with Gasteiger partial charge in [0.1, 0.15) is 5.69 Å². The summed E-state index contributed by atoms with van der Waals surface area (Å²) in [7, 11) is 2.36. The van der Waals surface area contributed by atoms with Crippen molar-refractivity contribution in [2.45, 2.75) is 0 Å². The largest absolute Gasteiger partial charge is 0.465 e. The molecule has 10 heteroatoms. The summed E-state index contributed by atoms with van der Waals surface area (Å²) >= 11 is 5.69. The van der Waals surface area contributed by atoms with E-state index in [0.29, 0.717) is 5.02 Å². The van der Waals surface area contributed by atoms with Crippen molar-refractivity contribution in [2.24, 2.45) is 0 Å². The lowest BCUT2D eigenvalue weighted by molar-refractivity contribution is -0.119. The highest BCUT2D eigenvalue weighted by Crippen LogP contribution is 2.17. The second-order valence-electron chi connectivity index (χ2n) is 5.14. The molecule has 0 atom stereocenters. The number of anilines is 1. The molecule has 2 aromatic rings. The van der Waals surface area contributed by atoms with Gasteiger partial charge in [0.05, 0.1) is 30.4 Å². The van der Waals surface area contributed by atoms with Crippen LogP contribution in [0, 0.1) is 0 Å². The molecule has 1 aromatic carbocycles. The lowest BCUT2D eigenvalue weighted by Crippen LogP contribution is -2.21. The summed E-state index contributed by atoms with van der Waals surface area (Å²) in [5.74, 6) is -2.85. The van der Waals surface area contributed by atoms with Crippen molar-refractivity contribution in [1.29, 1.82) is 0 Å². The van der Waals surface area contributed by atoms with E-state index in [2.05, 4.69) is 19.8 Å². The van der Waals surface area contributed by atoms with E-state index in [1.54, 1.807) is 0 Å². The van der Waals surface area contributed by atoms with Gasteiger partial charge in [-0.3, -0.25) is 4.79 Å². The van der Waals surface area contributed by atoms with E-state index in [1.807, 2.05) is 0 Å². The number of carbonyl (C=O) groups excluding carboxylic acids is 4. The van der Waals surface area contributed by atoms with Crippen LogP contribution in [0.5, 0.6) is 0 Å². The van der Waals surface area contributed by atoms with Crippen LogP contribution in [-0.2, 0) is 19.0 Å². The minimum Gasteiger partial charge on any atom is -0.465 e. The van der Waals surface area contributed by atoms with Crippen molar-refractivity contribution in [3.8, 4) is 0 Å². The van der Waals surface area contributed by atoms with Crippen LogP contribution < -0.4 is 5.32 Å². The number of hydrogen-bond donors (Lipinski definition) is 2. The summed E-state index contributed by atoms with van der Waals surface area (Å²) in [6.45, 7) is -0.592. The third-order valence-electron chi connectivity index (χ3n) is 3.26. The van der Waals surface area contributed by atoms with Gasteiger partial charge >= 0.3 is 17.9 Å². The number of rotatable bonds is 6. The van der Waals surface area contributed by atoms with E-state index in [4.69, 9.17) is 16.3 Å². The molecule has 2 N–H and O–H groups in total. The van der Waals surface area contributed by atoms with Gasteiger partial charge in [0.25, 0.3) is 5.91 Å². The summed E-state index contributed by atoms with van der Waals surface area (Å²) in [5.41, 5.74) is 0.290. The molecule has 9 nitrogen and oxygen atoms in total. The summed E-state index contributed by atoms with van der Waals surface area (Å²) in [5, 5.41) is 2.75. The number of nitrogens with one attached hydrogen (secondary N) is 2. The molecule has 0 fully saturated rings. The van der Waals surface area contributed by atoms with Gasteiger partial charge in [-0.05, 0) is 24.3 Å². The second kappa shape index (κ2) is 8.86. The van der Waals surface area contributed by atoms with Gasteiger partial charge in [-0.25, -0.2) is 14.4 Å². The number of esters is 3. The minimum atomic E-state index is -0.768. The van der Waals surface area contributed by atoms with Crippen molar-refractivity contribution in [3.63, 3.8) is 0 Å². The average Bonchev–Trinajstić information content (AvgIpc) is 3.10. The number of aromatic nitrogens is 1. The quantitative estimate of drug-likeness (QED) is 0.567. The number of methoxy groups -OCH3 is 2. The normalized spacial score (nSPS) is 10.0. The van der Waals surface area contributed by atoms with Crippen LogP contribution in [0.3, 0.4) is 0 Å². The van der Waals surface area contributed by atoms with Crippen LogP contribution in [0.25, 0.3) is 0 Å². The zero-order valence-corrected chi connectivity index (χ0v) is 15.1. The molecule has 0 saturated carbocycles. The van der Waals surface area contributed by atoms with Gasteiger partial charge in [-0.15, -0.1) is 0 Å². The molecule has 142 valence electrons. The molecule has 2 rings (SSSR count). The topological polar surface area (TPSA) is 124 Å². The maximum atomic E-state index is 12.0. The third kappa shape index (κ3) is 5.32. The molecular formula is C17H15ClN2O7. The highest BCUT2D eigenvalue weighted by atomic mass is 35.5. The second-order valence-corrected chi connectivity index (χ2v) is 5.57. The molecule has 0 aliphatic heterocycles. The Balaban J connectivity index is 2.08. The lowest BCUT2D eigenvalue weighted by Gasteiger charge is -2.10. The molecule has 0 aliphatic carbocycles. The van der Waals surface area contributed by atoms with Gasteiger partial charge in [0.2, 0.25) is 0 Å². The third-order valence-corrected chi connectivity index (χ3v) is 3.48. The number of H-pyrrole nitrogens is 1. The van der Waals surface area contributed by atoms with Crippen LogP contribution in [0.4, 0.5) is 5.69 Å². The van der Waals surface area contributed by atoms with E-state index in [0.717, 1.165) is 0 Å². The van der Waals surface area contributed by atoms with Gasteiger partial charge in [0, 0.05) is 11.9 Å². The number of halogens is 1. The molecule has 0 radical (unpaired) electrons. The maximum Gasteiger partial charge on any atom is 0.355 e. The minimum absolute atomic E-state index is 0.0359. The Hall–Kier alpha value is -3.33. The van der Waals surface area contributed by atoms with Crippen molar-refractivity contribution < 1.29 is 33.4 Å². The summed E-state index contributed by atoms with van der Waals surface area (Å²) in [4.78, 5) is 49.8. The Labute approximate surface area is 158 Å². The van der Waals surface area contributed by atoms with Crippen molar-refractivity contribution >= 4 is 41.1 Å². The van der Waals surface area contributed by atoms with Gasteiger partial charge < -0.3 is 24.5 Å². The first-order valence-electron chi connectivity index (χ1n) is 7.46. The average molecular weight is 395 g/mol. The molecular weight excluding hydrogens is 380 g/mol. The van der Waals surface area contributed by atoms with Crippen LogP contribution in [0.2, 0.25) is 5.02 Å². The zero-order chi connectivity index (χ0) is 20.0. The fourth-order valence-corrected chi connectivity index (χ4v) is 2.23. The molecule has 1 aromatic heterocycles. The van der Waals surface area contributed by atoms with Crippen molar-refractivity contribution in [1.82, 2.24) is 4.98 Å². The Morgan fingerprint density at radius 2 is 1.56 bits per heavy atom. The SMILES string of the molecule is COC(=O)c1cc(NC(=O)COC(=O)c2cc(Cl)c[nH]2)cc(C(=O)OC)c1. The molecule has 0 bridgehead atoms. The standard InChI is InChI=1S/C17H15ClN2O7/c1-25-15(22)9-3-10(16(23)26-2)5-12(4-9)20-14(21)8-27-17(24)13-6-11(18)7-19-13/h3-7,19H,8H2,1-2H3,(H,20,21). The number of benzene rings is 1. The number of aromatic amines is 1. The monoisotopic (exact) mass is 394 g/mol. The highest BCUT2D eigenvalue weighted by Gasteiger charge is 2.16. The molecule has 27 heavy (non-hydrogen) atoms. The van der Waals surface area contributed by atoms with Crippen molar-refractivity contribution in [2.75, 3.05) is 26.1 Å². The van der Waals surface area contributed by atoms with Gasteiger partial charge in [-0.1, -0.05) is 11.6 Å². The molecule has 1 heterocycles. The van der Waals surface area contributed by atoms with E-state index < -0.39 is 30.4 Å². The number of ether oxygens (including phenoxy) is 3. The van der Waals surface area contributed by atoms with E-state index in [-0.39, 0.29) is 22.5 Å². The molecule has 0 saturated heterocycles. The fourth-order valence-electron chi connectivity index (χ4n) is 2.06. The zero-order valence-electron chi connectivity index (χ0n) is 14.3. The summed E-state index contributed by atoms with van der Waals surface area (Å²) < 4.78 is 14.1. The molecule has 0 spiro atoms. The maximum absolute atomic E-state index is 12.0. The first-order chi connectivity index (χ1) is 12.8. The van der Waals surface area contributed by atoms with E-state index >= 15 is 0 Å². The van der Waals surface area contributed by atoms with Gasteiger partial charge in [0.15, 0.2) is 6.61 Å². The lowest BCUT2D eigenvalue weighted by atomic mass is 10.1. The number of amides is 1. The predicted octanol–water partition coefficient (Wildman–Crippen LogP) is 2.04. The molecule has 0 aliphatic rings. The molecule has 0 unspecified atom stereocenters. The predicted molar refractivity (Wildman–Crippen MR) is 93.8 cm³/mol.